The molecular weight excluding hydrogens is 162 g/mol. The molecule has 0 amide bonds. The summed E-state index contributed by atoms with van der Waals surface area (Å²) in [7, 11) is 0. The summed E-state index contributed by atoms with van der Waals surface area (Å²) in [6.07, 6.45) is -1.72. The van der Waals surface area contributed by atoms with Gasteiger partial charge in [-0.3, -0.25) is 0 Å². The number of hydrogen-bond donors (Lipinski definition) is 1. The highest BCUT2D eigenvalue weighted by molar-refractivity contribution is 4.91. The average Bonchev–Trinajstić information content (AvgIpc) is 1.98. The lowest BCUT2D eigenvalue weighted by Gasteiger charge is -2.14. The van der Waals surface area contributed by atoms with Gasteiger partial charge in [-0.15, -0.1) is 0 Å². The number of nitrogens with one attached hydrogen (secondary N) is 1. The molecule has 2 nitrogen and oxygen atoms in total. The van der Waals surface area contributed by atoms with Crippen LogP contribution < -0.4 is 5.32 Å². The second-order valence-corrected chi connectivity index (χ2v) is 3.34. The first-order valence-electron chi connectivity index (χ1n) is 3.88. The van der Waals surface area contributed by atoms with Crippen molar-refractivity contribution in [3.05, 3.63) is 0 Å². The van der Waals surface area contributed by atoms with Gasteiger partial charge in [0.2, 0.25) is 0 Å². The molecule has 1 N–H and O–H groups in total. The van der Waals surface area contributed by atoms with Crippen molar-refractivity contribution < 1.29 is 8.78 Å². The van der Waals surface area contributed by atoms with Crippen LogP contribution in [-0.4, -0.2) is 19.5 Å². The van der Waals surface area contributed by atoms with Crippen molar-refractivity contribution in [3.8, 4) is 6.07 Å². The molecule has 0 aromatic carbocycles. The molecule has 0 aromatic rings. The summed E-state index contributed by atoms with van der Waals surface area (Å²) in [4.78, 5) is 0. The van der Waals surface area contributed by atoms with Gasteiger partial charge in [-0.2, -0.15) is 5.26 Å². The van der Waals surface area contributed by atoms with Crippen molar-refractivity contribution in [1.82, 2.24) is 5.32 Å². The molecule has 0 radical (unpaired) electrons. The second kappa shape index (κ2) is 5.04. The minimum atomic E-state index is -2.31. The third kappa shape index (κ3) is 6.05. The fourth-order valence-corrected chi connectivity index (χ4v) is 0.668. The summed E-state index contributed by atoms with van der Waals surface area (Å²) in [5.41, 5.74) is -0.422. The third-order valence-corrected chi connectivity index (χ3v) is 1.53. The van der Waals surface area contributed by atoms with E-state index in [1.165, 1.54) is 0 Å². The average molecular weight is 176 g/mol. The van der Waals surface area contributed by atoms with E-state index in [0.717, 1.165) is 0 Å². The van der Waals surface area contributed by atoms with Gasteiger partial charge in [0.1, 0.15) is 0 Å². The van der Waals surface area contributed by atoms with E-state index in [0.29, 0.717) is 13.0 Å². The van der Waals surface area contributed by atoms with Crippen molar-refractivity contribution in [2.24, 2.45) is 5.41 Å². The van der Waals surface area contributed by atoms with Gasteiger partial charge in [0.25, 0.3) is 6.43 Å². The minimum Gasteiger partial charge on any atom is -0.311 e. The van der Waals surface area contributed by atoms with E-state index < -0.39 is 11.8 Å². The monoisotopic (exact) mass is 176 g/mol. The molecule has 0 aliphatic carbocycles. The molecule has 0 aliphatic heterocycles. The fourth-order valence-electron chi connectivity index (χ4n) is 0.668. The minimum absolute atomic E-state index is 0.290. The first-order chi connectivity index (χ1) is 5.48. The Morgan fingerprint density at radius 3 is 2.50 bits per heavy atom. The molecule has 0 atom stereocenters. The van der Waals surface area contributed by atoms with Crippen molar-refractivity contribution in [2.75, 3.05) is 13.1 Å². The van der Waals surface area contributed by atoms with E-state index in [1.807, 2.05) is 0 Å². The molecule has 0 saturated carbocycles. The Bertz CT molecular complexity index is 161. The van der Waals surface area contributed by atoms with Crippen molar-refractivity contribution in [3.63, 3.8) is 0 Å². The molecule has 0 spiro atoms. The molecule has 0 bridgehead atoms. The molecule has 0 saturated heterocycles. The molecule has 0 heterocycles. The lowest BCUT2D eigenvalue weighted by molar-refractivity contribution is 0.145. The van der Waals surface area contributed by atoms with Crippen LogP contribution in [0.5, 0.6) is 0 Å². The van der Waals surface area contributed by atoms with Gasteiger partial charge >= 0.3 is 0 Å². The Balaban J connectivity index is 3.39. The zero-order valence-corrected chi connectivity index (χ0v) is 7.40. The van der Waals surface area contributed by atoms with E-state index in [2.05, 4.69) is 11.4 Å². The SMILES string of the molecule is CC(C)(C#N)CCNCC(F)F. The van der Waals surface area contributed by atoms with Crippen LogP contribution >= 0.6 is 0 Å². The Labute approximate surface area is 71.6 Å². The summed E-state index contributed by atoms with van der Waals surface area (Å²) in [6.45, 7) is 3.75. The van der Waals surface area contributed by atoms with Gasteiger partial charge < -0.3 is 5.32 Å². The number of nitriles is 1. The summed E-state index contributed by atoms with van der Waals surface area (Å²) >= 11 is 0. The van der Waals surface area contributed by atoms with Gasteiger partial charge in [-0.1, -0.05) is 0 Å². The Kier molecular flexibility index (Phi) is 4.75. The topological polar surface area (TPSA) is 35.8 Å². The van der Waals surface area contributed by atoms with Crippen LogP contribution in [0, 0.1) is 16.7 Å². The van der Waals surface area contributed by atoms with Crippen LogP contribution in [0.4, 0.5) is 8.78 Å². The number of nitrogens with zero attached hydrogens (tertiary/aromatic N) is 1. The molecule has 12 heavy (non-hydrogen) atoms. The first-order valence-corrected chi connectivity index (χ1v) is 3.88. The van der Waals surface area contributed by atoms with E-state index in [4.69, 9.17) is 5.26 Å². The maximum Gasteiger partial charge on any atom is 0.250 e. The molecular formula is C8H14F2N2. The lowest BCUT2D eigenvalue weighted by Crippen LogP contribution is -2.25. The third-order valence-electron chi connectivity index (χ3n) is 1.53. The van der Waals surface area contributed by atoms with E-state index in [9.17, 15) is 8.78 Å². The molecule has 0 aliphatic rings. The molecule has 0 rings (SSSR count). The zero-order chi connectivity index (χ0) is 9.61. The van der Waals surface area contributed by atoms with Crippen LogP contribution in [-0.2, 0) is 0 Å². The molecule has 70 valence electrons. The maximum atomic E-state index is 11.6. The smallest absolute Gasteiger partial charge is 0.250 e. The molecule has 4 heteroatoms. The van der Waals surface area contributed by atoms with Crippen LogP contribution in [0.25, 0.3) is 0 Å². The van der Waals surface area contributed by atoms with Crippen LogP contribution in [0.15, 0.2) is 0 Å². The van der Waals surface area contributed by atoms with Gasteiger partial charge in [0.15, 0.2) is 0 Å². The Morgan fingerprint density at radius 1 is 1.50 bits per heavy atom. The predicted octanol–water partition coefficient (Wildman–Crippen LogP) is 1.78. The normalized spacial score (nSPS) is 11.7. The van der Waals surface area contributed by atoms with Crippen LogP contribution in [0.2, 0.25) is 0 Å². The standard InChI is InChI=1S/C8H14F2N2/c1-8(2,6-11)3-4-12-5-7(9)10/h7,12H,3-5H2,1-2H3. The molecule has 0 aromatic heterocycles. The van der Waals surface area contributed by atoms with Gasteiger partial charge in [0, 0.05) is 0 Å². The summed E-state index contributed by atoms with van der Waals surface area (Å²) in [5, 5.41) is 11.2. The van der Waals surface area contributed by atoms with Gasteiger partial charge in [0.05, 0.1) is 18.0 Å². The largest absolute Gasteiger partial charge is 0.311 e. The summed E-state index contributed by atoms with van der Waals surface area (Å²) in [6, 6.07) is 2.10. The maximum absolute atomic E-state index is 11.6. The second-order valence-electron chi connectivity index (χ2n) is 3.34. The predicted molar refractivity (Wildman–Crippen MR) is 42.9 cm³/mol. The van der Waals surface area contributed by atoms with Gasteiger partial charge in [-0.25, -0.2) is 8.78 Å². The number of rotatable bonds is 5. The van der Waals surface area contributed by atoms with Crippen molar-refractivity contribution in [1.29, 1.82) is 5.26 Å². The lowest BCUT2D eigenvalue weighted by atomic mass is 9.92. The number of hydrogen-bond acceptors (Lipinski definition) is 2. The zero-order valence-electron chi connectivity index (χ0n) is 7.40. The van der Waals surface area contributed by atoms with Crippen LogP contribution in [0.1, 0.15) is 20.3 Å². The quantitative estimate of drug-likeness (QED) is 0.648. The van der Waals surface area contributed by atoms with Crippen molar-refractivity contribution in [2.45, 2.75) is 26.7 Å². The highest BCUT2D eigenvalue weighted by atomic mass is 19.3. The molecule has 0 unspecified atom stereocenters. The Hall–Kier alpha value is -0.690. The highest BCUT2D eigenvalue weighted by Gasteiger charge is 2.15. The van der Waals surface area contributed by atoms with E-state index in [1.54, 1.807) is 13.8 Å². The molecule has 0 fully saturated rings. The Morgan fingerprint density at radius 2 is 2.08 bits per heavy atom. The first kappa shape index (κ1) is 11.3. The number of halogens is 2. The number of alkyl halides is 2. The fraction of sp³-hybridized carbons (Fsp3) is 0.875. The van der Waals surface area contributed by atoms with E-state index in [-0.39, 0.29) is 6.54 Å². The van der Waals surface area contributed by atoms with E-state index >= 15 is 0 Å². The summed E-state index contributed by atoms with van der Waals surface area (Å²) < 4.78 is 23.2. The van der Waals surface area contributed by atoms with Crippen LogP contribution in [0.3, 0.4) is 0 Å². The van der Waals surface area contributed by atoms with Gasteiger partial charge in [-0.05, 0) is 26.8 Å². The highest BCUT2D eigenvalue weighted by Crippen LogP contribution is 2.16. The van der Waals surface area contributed by atoms with Crippen molar-refractivity contribution >= 4 is 0 Å². The summed E-state index contributed by atoms with van der Waals surface area (Å²) in [5.74, 6) is 0.